The third-order valence-electron chi connectivity index (χ3n) is 5.19. The Morgan fingerprint density at radius 2 is 1.68 bits per heavy atom. The second kappa shape index (κ2) is 10.6. The quantitative estimate of drug-likeness (QED) is 0.612. The van der Waals surface area contributed by atoms with E-state index in [1.165, 1.54) is 16.7 Å². The molecule has 150 valence electrons. The molecule has 1 aliphatic rings. The average molecular weight is 401 g/mol. The van der Waals surface area contributed by atoms with Crippen molar-refractivity contribution in [3.8, 4) is 11.1 Å². The summed E-state index contributed by atoms with van der Waals surface area (Å²) in [5, 5.41) is 0.764. The molecule has 0 amide bonds. The highest BCUT2D eigenvalue weighted by atomic mass is 35.5. The van der Waals surface area contributed by atoms with Crippen LogP contribution in [0.1, 0.15) is 25.3 Å². The zero-order valence-corrected chi connectivity index (χ0v) is 17.3. The number of carbonyl (C=O) groups excluding carboxylic acids is 1. The number of nitrogens with zero attached hydrogens (tertiary/aromatic N) is 2. The highest BCUT2D eigenvalue weighted by Gasteiger charge is 2.18. The molecule has 5 heteroatoms. The fourth-order valence-electron chi connectivity index (χ4n) is 3.66. The van der Waals surface area contributed by atoms with E-state index in [0.29, 0.717) is 13.0 Å². The molecule has 3 rings (SSSR count). The highest BCUT2D eigenvalue weighted by molar-refractivity contribution is 6.30. The van der Waals surface area contributed by atoms with Gasteiger partial charge in [0.1, 0.15) is 0 Å². The van der Waals surface area contributed by atoms with Gasteiger partial charge in [0.05, 0.1) is 6.61 Å². The molecule has 1 heterocycles. The normalized spacial score (nSPS) is 15.5. The van der Waals surface area contributed by atoms with Crippen LogP contribution >= 0.6 is 11.6 Å². The van der Waals surface area contributed by atoms with Gasteiger partial charge in [-0.2, -0.15) is 0 Å². The first-order chi connectivity index (χ1) is 13.7. The van der Waals surface area contributed by atoms with Crippen molar-refractivity contribution < 1.29 is 9.53 Å². The number of halogens is 1. The Balaban J connectivity index is 1.50. The molecule has 0 saturated carbocycles. The standard InChI is InChI=1S/C23H29ClN2O2/c1-2-28-23(27)8-5-13-25-14-16-26(17-15-25)18-20-6-3-4-7-22(20)19-9-11-21(24)12-10-19/h3-4,6-7,9-12H,2,5,8,13-18H2,1H3. The van der Waals surface area contributed by atoms with Crippen molar-refractivity contribution in [2.45, 2.75) is 26.3 Å². The molecule has 0 bridgehead atoms. The summed E-state index contributed by atoms with van der Waals surface area (Å²) < 4.78 is 5.00. The van der Waals surface area contributed by atoms with E-state index in [4.69, 9.17) is 16.3 Å². The zero-order valence-electron chi connectivity index (χ0n) is 16.6. The Hall–Kier alpha value is -1.88. The molecule has 2 aromatic carbocycles. The minimum absolute atomic E-state index is 0.0834. The predicted molar refractivity (Wildman–Crippen MR) is 114 cm³/mol. The first-order valence-corrected chi connectivity index (χ1v) is 10.5. The summed E-state index contributed by atoms with van der Waals surface area (Å²) in [6, 6.07) is 16.7. The maximum atomic E-state index is 11.5. The average Bonchev–Trinajstić information content (AvgIpc) is 2.71. The summed E-state index contributed by atoms with van der Waals surface area (Å²) in [5.41, 5.74) is 3.83. The van der Waals surface area contributed by atoms with Crippen LogP contribution in [0.3, 0.4) is 0 Å². The van der Waals surface area contributed by atoms with Crippen LogP contribution in [0, 0.1) is 0 Å². The van der Waals surface area contributed by atoms with E-state index < -0.39 is 0 Å². The van der Waals surface area contributed by atoms with Crippen molar-refractivity contribution in [3.05, 3.63) is 59.1 Å². The maximum absolute atomic E-state index is 11.5. The number of rotatable bonds is 8. The first-order valence-electron chi connectivity index (χ1n) is 10.1. The van der Waals surface area contributed by atoms with Crippen molar-refractivity contribution in [1.29, 1.82) is 0 Å². The molecule has 1 saturated heterocycles. The van der Waals surface area contributed by atoms with Gasteiger partial charge in [0.15, 0.2) is 0 Å². The summed E-state index contributed by atoms with van der Waals surface area (Å²) in [4.78, 5) is 16.4. The predicted octanol–water partition coefficient (Wildman–Crippen LogP) is 4.47. The first kappa shape index (κ1) is 20.8. The van der Waals surface area contributed by atoms with Crippen LogP contribution in [-0.2, 0) is 16.1 Å². The highest BCUT2D eigenvalue weighted by Crippen LogP contribution is 2.26. The van der Waals surface area contributed by atoms with E-state index in [9.17, 15) is 4.79 Å². The van der Waals surface area contributed by atoms with Gasteiger partial charge in [-0.25, -0.2) is 0 Å². The van der Waals surface area contributed by atoms with Gasteiger partial charge in [-0.15, -0.1) is 0 Å². The van der Waals surface area contributed by atoms with E-state index in [0.717, 1.165) is 50.7 Å². The van der Waals surface area contributed by atoms with Crippen LogP contribution < -0.4 is 0 Å². The lowest BCUT2D eigenvalue weighted by Crippen LogP contribution is -2.46. The summed E-state index contributed by atoms with van der Waals surface area (Å²) in [6.45, 7) is 8.43. The van der Waals surface area contributed by atoms with Gasteiger partial charge in [0.25, 0.3) is 0 Å². The minimum Gasteiger partial charge on any atom is -0.466 e. The molecule has 0 atom stereocenters. The molecule has 0 radical (unpaired) electrons. The summed E-state index contributed by atoms with van der Waals surface area (Å²) in [7, 11) is 0. The molecule has 0 aromatic heterocycles. The lowest BCUT2D eigenvalue weighted by molar-refractivity contribution is -0.143. The second-order valence-corrected chi connectivity index (χ2v) is 7.63. The van der Waals surface area contributed by atoms with Gasteiger partial charge in [-0.3, -0.25) is 9.69 Å². The molecular weight excluding hydrogens is 372 g/mol. The molecule has 0 unspecified atom stereocenters. The van der Waals surface area contributed by atoms with Crippen molar-refractivity contribution >= 4 is 17.6 Å². The third kappa shape index (κ3) is 6.06. The SMILES string of the molecule is CCOC(=O)CCCN1CCN(Cc2ccccc2-c2ccc(Cl)cc2)CC1. The molecule has 0 N–H and O–H groups in total. The summed E-state index contributed by atoms with van der Waals surface area (Å²) in [5.74, 6) is -0.0834. The monoisotopic (exact) mass is 400 g/mol. The number of ether oxygens (including phenoxy) is 1. The van der Waals surface area contributed by atoms with Crippen molar-refractivity contribution in [2.75, 3.05) is 39.3 Å². The Bertz CT molecular complexity index is 755. The fourth-order valence-corrected chi connectivity index (χ4v) is 3.79. The van der Waals surface area contributed by atoms with Crippen LogP contribution in [-0.4, -0.2) is 55.1 Å². The van der Waals surface area contributed by atoms with E-state index >= 15 is 0 Å². The van der Waals surface area contributed by atoms with Gasteiger partial charge < -0.3 is 9.64 Å². The Kier molecular flexibility index (Phi) is 7.90. The van der Waals surface area contributed by atoms with E-state index in [2.05, 4.69) is 46.2 Å². The van der Waals surface area contributed by atoms with Gasteiger partial charge >= 0.3 is 5.97 Å². The van der Waals surface area contributed by atoms with Crippen molar-refractivity contribution in [2.24, 2.45) is 0 Å². The number of hydrogen-bond acceptors (Lipinski definition) is 4. The van der Waals surface area contributed by atoms with Crippen LogP contribution in [0.15, 0.2) is 48.5 Å². The number of carbonyl (C=O) groups is 1. The van der Waals surface area contributed by atoms with Crippen LogP contribution in [0.5, 0.6) is 0 Å². The van der Waals surface area contributed by atoms with E-state index in [1.807, 2.05) is 19.1 Å². The van der Waals surface area contributed by atoms with E-state index in [-0.39, 0.29) is 5.97 Å². The molecule has 1 fully saturated rings. The molecule has 4 nitrogen and oxygen atoms in total. The Labute approximate surface area is 173 Å². The van der Waals surface area contributed by atoms with Crippen LogP contribution in [0.2, 0.25) is 5.02 Å². The van der Waals surface area contributed by atoms with Crippen LogP contribution in [0.25, 0.3) is 11.1 Å². The number of esters is 1. The smallest absolute Gasteiger partial charge is 0.305 e. The molecule has 0 spiro atoms. The molecule has 1 aliphatic heterocycles. The minimum atomic E-state index is -0.0834. The number of piperazine rings is 1. The van der Waals surface area contributed by atoms with Gasteiger partial charge in [0, 0.05) is 44.2 Å². The molecule has 28 heavy (non-hydrogen) atoms. The van der Waals surface area contributed by atoms with Gasteiger partial charge in [0.2, 0.25) is 0 Å². The third-order valence-corrected chi connectivity index (χ3v) is 5.44. The fraction of sp³-hybridized carbons (Fsp3) is 0.435. The van der Waals surface area contributed by atoms with Gasteiger partial charge in [-0.1, -0.05) is 48.0 Å². The maximum Gasteiger partial charge on any atom is 0.305 e. The zero-order chi connectivity index (χ0) is 19.8. The van der Waals surface area contributed by atoms with E-state index in [1.54, 1.807) is 0 Å². The Morgan fingerprint density at radius 1 is 1.00 bits per heavy atom. The van der Waals surface area contributed by atoms with Gasteiger partial charge in [-0.05, 0) is 48.7 Å². The van der Waals surface area contributed by atoms with Crippen molar-refractivity contribution in [3.63, 3.8) is 0 Å². The van der Waals surface area contributed by atoms with Crippen LogP contribution in [0.4, 0.5) is 0 Å². The Morgan fingerprint density at radius 3 is 2.39 bits per heavy atom. The topological polar surface area (TPSA) is 32.8 Å². The number of hydrogen-bond donors (Lipinski definition) is 0. The molecule has 0 aliphatic carbocycles. The second-order valence-electron chi connectivity index (χ2n) is 7.19. The lowest BCUT2D eigenvalue weighted by Gasteiger charge is -2.35. The number of benzene rings is 2. The summed E-state index contributed by atoms with van der Waals surface area (Å²) in [6.07, 6.45) is 1.39. The molecule has 2 aromatic rings. The lowest BCUT2D eigenvalue weighted by atomic mass is 9.99. The molecular formula is C23H29ClN2O2. The summed E-state index contributed by atoms with van der Waals surface area (Å²) >= 11 is 6.04. The largest absolute Gasteiger partial charge is 0.466 e. The van der Waals surface area contributed by atoms with Crippen molar-refractivity contribution in [1.82, 2.24) is 9.80 Å².